The molecule has 1 aliphatic heterocycles. The maximum Gasteiger partial charge on any atom is 0.254 e. The monoisotopic (exact) mass is 477 g/mol. The van der Waals surface area contributed by atoms with Crippen molar-refractivity contribution in [2.24, 2.45) is 0 Å². The van der Waals surface area contributed by atoms with E-state index >= 15 is 0 Å². The quantitative estimate of drug-likeness (QED) is 0.614. The first-order chi connectivity index (χ1) is 13.7. The van der Waals surface area contributed by atoms with E-state index in [0.29, 0.717) is 35.6 Å². The highest BCUT2D eigenvalue weighted by atomic mass is 79.9. The minimum Gasteiger partial charge on any atom is -0.493 e. The summed E-state index contributed by atoms with van der Waals surface area (Å²) >= 11 is 0. The van der Waals surface area contributed by atoms with Crippen LogP contribution in [0.4, 0.5) is 0 Å². The van der Waals surface area contributed by atoms with Gasteiger partial charge >= 0.3 is 0 Å². The molecule has 30 heavy (non-hydrogen) atoms. The Morgan fingerprint density at radius 2 is 1.97 bits per heavy atom. The number of ether oxygens (including phenoxy) is 1. The van der Waals surface area contributed by atoms with Crippen LogP contribution in [0.1, 0.15) is 65.3 Å². The number of nitrogens with zero attached hydrogens (tertiary/aromatic N) is 1. The third-order valence-electron chi connectivity index (χ3n) is 4.90. The summed E-state index contributed by atoms with van der Waals surface area (Å²) in [5.74, 6) is 1.07. The number of furan rings is 1. The first kappa shape index (κ1) is 23.7. The normalized spacial score (nSPS) is 13.0. The molecule has 0 saturated heterocycles. The molecule has 2 heterocycles. The lowest BCUT2D eigenvalue weighted by molar-refractivity contribution is 0.0952. The van der Waals surface area contributed by atoms with Gasteiger partial charge in [0.15, 0.2) is 5.78 Å². The van der Waals surface area contributed by atoms with Gasteiger partial charge < -0.3 is 19.4 Å². The van der Waals surface area contributed by atoms with Gasteiger partial charge in [-0.25, -0.2) is 0 Å². The summed E-state index contributed by atoms with van der Waals surface area (Å²) in [5.41, 5.74) is 2.21. The maximum atomic E-state index is 12.7. The molecule has 0 spiro atoms. The van der Waals surface area contributed by atoms with Gasteiger partial charge in [-0.1, -0.05) is 20.8 Å². The molecule has 1 aliphatic rings. The Hall–Kier alpha value is -2.61. The van der Waals surface area contributed by atoms with Crippen LogP contribution in [-0.2, 0) is 12.0 Å². The fourth-order valence-corrected chi connectivity index (χ4v) is 3.29. The van der Waals surface area contributed by atoms with Gasteiger partial charge in [-0.05, 0) is 30.7 Å². The first-order valence-electron chi connectivity index (χ1n) is 9.63. The SMILES string of the molecule is Br.CCOc1cc2c(cc1C(=O)NC)C(=N)N(CC(=O)c1coc(C(C)(C)C)c1)C2. The molecular formula is C22H28BrN3O4. The molecule has 0 bridgehead atoms. The number of hydrogen-bond acceptors (Lipinski definition) is 5. The number of hydrogen-bond donors (Lipinski definition) is 2. The predicted molar refractivity (Wildman–Crippen MR) is 120 cm³/mol. The topological polar surface area (TPSA) is 95.6 Å². The highest BCUT2D eigenvalue weighted by Crippen LogP contribution is 2.31. The van der Waals surface area contributed by atoms with E-state index in [2.05, 4.69) is 5.32 Å². The molecule has 7 nitrogen and oxygen atoms in total. The van der Waals surface area contributed by atoms with E-state index in [1.54, 1.807) is 30.1 Å². The minimum atomic E-state index is -0.272. The summed E-state index contributed by atoms with van der Waals surface area (Å²) in [6.45, 7) is 8.82. The molecule has 2 aromatic rings. The number of fused-ring (bicyclic) bond motifs is 1. The average Bonchev–Trinajstić information content (AvgIpc) is 3.27. The van der Waals surface area contributed by atoms with Crippen LogP contribution in [0.25, 0.3) is 0 Å². The first-order valence-corrected chi connectivity index (χ1v) is 9.63. The van der Waals surface area contributed by atoms with Crippen LogP contribution in [0.5, 0.6) is 5.75 Å². The lowest BCUT2D eigenvalue weighted by Crippen LogP contribution is -2.30. The van der Waals surface area contributed by atoms with Crippen LogP contribution in [0.3, 0.4) is 0 Å². The molecule has 0 fully saturated rings. The smallest absolute Gasteiger partial charge is 0.254 e. The minimum absolute atomic E-state index is 0. The van der Waals surface area contributed by atoms with Crippen molar-refractivity contribution in [2.75, 3.05) is 20.2 Å². The summed E-state index contributed by atoms with van der Waals surface area (Å²) in [6, 6.07) is 5.23. The molecule has 162 valence electrons. The van der Waals surface area contributed by atoms with Crippen LogP contribution in [-0.4, -0.2) is 42.6 Å². The van der Waals surface area contributed by atoms with E-state index in [1.807, 2.05) is 27.7 Å². The number of amidine groups is 1. The molecule has 0 radical (unpaired) electrons. The van der Waals surface area contributed by atoms with Crippen LogP contribution >= 0.6 is 17.0 Å². The number of rotatable bonds is 6. The molecule has 1 aromatic heterocycles. The standard InChI is InChI=1S/C22H27N3O4.BrH/c1-6-28-18-7-13-10-25(20(23)15(13)9-16(18)21(27)24-5)11-17(26)14-8-19(29-12-14)22(2,3)4;/h7-9,12,23H,6,10-11H2,1-5H3,(H,24,27);1H. The van der Waals surface area contributed by atoms with Crippen molar-refractivity contribution >= 4 is 34.5 Å². The number of carbonyl (C=O) groups is 2. The van der Waals surface area contributed by atoms with E-state index in [-0.39, 0.29) is 46.5 Å². The molecule has 2 N–H and O–H groups in total. The Bertz CT molecular complexity index is 975. The zero-order chi connectivity index (χ0) is 21.3. The Balaban J connectivity index is 0.00000320. The second kappa shape index (κ2) is 9.04. The fourth-order valence-electron chi connectivity index (χ4n) is 3.29. The van der Waals surface area contributed by atoms with E-state index in [4.69, 9.17) is 14.6 Å². The van der Waals surface area contributed by atoms with Crippen molar-refractivity contribution in [1.29, 1.82) is 5.41 Å². The van der Waals surface area contributed by atoms with E-state index in [9.17, 15) is 9.59 Å². The summed E-state index contributed by atoms with van der Waals surface area (Å²) in [7, 11) is 1.55. The van der Waals surface area contributed by atoms with Crippen molar-refractivity contribution in [2.45, 2.75) is 39.7 Å². The molecule has 0 atom stereocenters. The summed E-state index contributed by atoms with van der Waals surface area (Å²) in [4.78, 5) is 26.6. The van der Waals surface area contributed by atoms with E-state index in [1.165, 1.54) is 6.26 Å². The molecular weight excluding hydrogens is 450 g/mol. The molecule has 0 saturated carbocycles. The number of Topliss-reactive ketones (excluding diaryl/α,β-unsaturated/α-hetero) is 1. The zero-order valence-electron chi connectivity index (χ0n) is 17.9. The Labute approximate surface area is 187 Å². The molecule has 1 aromatic carbocycles. The highest BCUT2D eigenvalue weighted by molar-refractivity contribution is 8.93. The van der Waals surface area contributed by atoms with Crippen molar-refractivity contribution in [1.82, 2.24) is 10.2 Å². The van der Waals surface area contributed by atoms with Gasteiger partial charge in [0.25, 0.3) is 5.91 Å². The van der Waals surface area contributed by atoms with E-state index in [0.717, 1.165) is 11.3 Å². The van der Waals surface area contributed by atoms with Crippen LogP contribution in [0.15, 0.2) is 28.9 Å². The largest absolute Gasteiger partial charge is 0.493 e. The Kier molecular flexibility index (Phi) is 7.13. The number of amides is 1. The van der Waals surface area contributed by atoms with Crippen molar-refractivity contribution < 1.29 is 18.7 Å². The van der Waals surface area contributed by atoms with Gasteiger partial charge in [-0.2, -0.15) is 0 Å². The summed E-state index contributed by atoms with van der Waals surface area (Å²) in [5, 5.41) is 11.1. The molecule has 0 aliphatic carbocycles. The van der Waals surface area contributed by atoms with Crippen molar-refractivity contribution in [3.8, 4) is 5.75 Å². The third kappa shape index (κ3) is 4.59. The number of ketones is 1. The Morgan fingerprint density at radius 1 is 1.27 bits per heavy atom. The second-order valence-electron chi connectivity index (χ2n) is 8.10. The lowest BCUT2D eigenvalue weighted by Gasteiger charge is -2.16. The van der Waals surface area contributed by atoms with Crippen LogP contribution in [0.2, 0.25) is 0 Å². The van der Waals surface area contributed by atoms with Crippen LogP contribution in [0, 0.1) is 5.41 Å². The van der Waals surface area contributed by atoms with Crippen molar-refractivity contribution in [3.63, 3.8) is 0 Å². The Morgan fingerprint density at radius 3 is 2.53 bits per heavy atom. The number of halogens is 1. The number of benzene rings is 1. The van der Waals surface area contributed by atoms with Gasteiger partial charge in [0, 0.05) is 24.6 Å². The van der Waals surface area contributed by atoms with E-state index < -0.39 is 0 Å². The van der Waals surface area contributed by atoms with Gasteiger partial charge in [-0.3, -0.25) is 15.0 Å². The third-order valence-corrected chi connectivity index (χ3v) is 4.90. The number of carbonyl (C=O) groups excluding carboxylic acids is 2. The second-order valence-corrected chi connectivity index (χ2v) is 8.10. The zero-order valence-corrected chi connectivity index (χ0v) is 19.6. The van der Waals surface area contributed by atoms with Crippen LogP contribution < -0.4 is 10.1 Å². The van der Waals surface area contributed by atoms with Crippen molar-refractivity contribution in [3.05, 3.63) is 52.5 Å². The summed E-state index contributed by atoms with van der Waals surface area (Å²) in [6.07, 6.45) is 1.48. The predicted octanol–water partition coefficient (Wildman–Crippen LogP) is 3.94. The number of nitrogens with one attached hydrogen (secondary N) is 2. The van der Waals surface area contributed by atoms with Gasteiger partial charge in [0.2, 0.25) is 0 Å². The lowest BCUT2D eigenvalue weighted by atomic mass is 9.93. The van der Waals surface area contributed by atoms with Gasteiger partial charge in [-0.15, -0.1) is 17.0 Å². The maximum absolute atomic E-state index is 12.7. The highest BCUT2D eigenvalue weighted by Gasteiger charge is 2.30. The molecule has 1 amide bonds. The molecule has 0 unspecified atom stereocenters. The molecule has 3 rings (SSSR count). The molecule has 8 heteroatoms. The van der Waals surface area contributed by atoms with Gasteiger partial charge in [0.05, 0.1) is 24.3 Å². The van der Waals surface area contributed by atoms with Gasteiger partial charge in [0.1, 0.15) is 23.6 Å². The fraction of sp³-hybridized carbons (Fsp3) is 0.409. The average molecular weight is 478 g/mol. The summed E-state index contributed by atoms with van der Waals surface area (Å²) < 4.78 is 11.2.